The number of carbonyl (C=O) groups excluding carboxylic acids is 1. The lowest BCUT2D eigenvalue weighted by atomic mass is 9.75. The minimum atomic E-state index is -1.05. The van der Waals surface area contributed by atoms with E-state index in [4.69, 9.17) is 5.11 Å². The Morgan fingerprint density at radius 1 is 1.22 bits per heavy atom. The summed E-state index contributed by atoms with van der Waals surface area (Å²) in [5, 5.41) is 11.7. The van der Waals surface area contributed by atoms with Gasteiger partial charge in [-0.05, 0) is 47.2 Å². The maximum atomic E-state index is 11.8. The van der Waals surface area contributed by atoms with E-state index in [0.717, 1.165) is 12.8 Å². The predicted molar refractivity (Wildman–Crippen MR) is 69.3 cm³/mol. The molecule has 0 bridgehead atoms. The number of nitrogens with one attached hydrogen (secondary N) is 1. The van der Waals surface area contributed by atoms with Gasteiger partial charge >= 0.3 is 5.97 Å². The van der Waals surface area contributed by atoms with Gasteiger partial charge in [-0.25, -0.2) is 4.79 Å². The van der Waals surface area contributed by atoms with Crippen molar-refractivity contribution in [1.29, 1.82) is 0 Å². The van der Waals surface area contributed by atoms with Gasteiger partial charge < -0.3 is 15.3 Å². The van der Waals surface area contributed by atoms with Crippen LogP contribution in [-0.4, -0.2) is 48.1 Å². The van der Waals surface area contributed by atoms with Crippen molar-refractivity contribution in [2.24, 2.45) is 0 Å². The van der Waals surface area contributed by atoms with Crippen LogP contribution in [0, 0.1) is 0 Å². The second-order valence-electron chi connectivity index (χ2n) is 5.21. The largest absolute Gasteiger partial charge is 0.478 e. The van der Waals surface area contributed by atoms with Gasteiger partial charge in [0.05, 0.1) is 0 Å². The van der Waals surface area contributed by atoms with Crippen molar-refractivity contribution >= 4 is 11.9 Å². The highest BCUT2D eigenvalue weighted by Crippen LogP contribution is 2.35. The molecule has 102 valence electrons. The Balaban J connectivity index is 2.61. The Kier molecular flexibility index (Phi) is 4.51. The van der Waals surface area contributed by atoms with Crippen molar-refractivity contribution in [2.75, 3.05) is 20.6 Å². The number of amides is 1. The monoisotopic (exact) mass is 254 g/mol. The highest BCUT2D eigenvalue weighted by Gasteiger charge is 2.39. The molecule has 5 nitrogen and oxygen atoms in total. The Hall–Kier alpha value is -1.36. The third kappa shape index (κ3) is 2.90. The summed E-state index contributed by atoms with van der Waals surface area (Å²) in [5.74, 6) is -1.34. The van der Waals surface area contributed by atoms with Gasteiger partial charge in [0.2, 0.25) is 5.91 Å². The van der Waals surface area contributed by atoms with E-state index in [0.29, 0.717) is 6.54 Å². The Labute approximate surface area is 108 Å². The van der Waals surface area contributed by atoms with Gasteiger partial charge in [-0.3, -0.25) is 4.79 Å². The average Bonchev–Trinajstić information content (AvgIpc) is 2.24. The first-order valence-electron chi connectivity index (χ1n) is 6.16. The Morgan fingerprint density at radius 3 is 2.11 bits per heavy atom. The third-order valence-corrected chi connectivity index (χ3v) is 4.03. The number of rotatable bonds is 5. The number of nitrogens with zero attached hydrogens (tertiary/aromatic N) is 1. The number of aliphatic carboxylic acids is 1. The highest BCUT2D eigenvalue weighted by atomic mass is 16.4. The van der Waals surface area contributed by atoms with Crippen LogP contribution in [0.3, 0.4) is 0 Å². The number of carboxylic acid groups (broad SMARTS) is 1. The van der Waals surface area contributed by atoms with Gasteiger partial charge in [0.1, 0.15) is 0 Å². The SMILES string of the molecule is CC(C(=O)O)=C(C)C(=O)NCC1(N(C)C)CCC1. The molecular formula is C13H22N2O3. The molecule has 5 heteroatoms. The van der Waals surface area contributed by atoms with E-state index in [-0.39, 0.29) is 22.6 Å². The molecule has 1 amide bonds. The lowest BCUT2D eigenvalue weighted by Crippen LogP contribution is -2.57. The van der Waals surface area contributed by atoms with Crippen molar-refractivity contribution in [2.45, 2.75) is 38.6 Å². The molecule has 0 atom stereocenters. The normalized spacial score (nSPS) is 18.9. The van der Waals surface area contributed by atoms with E-state index in [1.54, 1.807) is 6.92 Å². The second-order valence-corrected chi connectivity index (χ2v) is 5.21. The number of hydrogen-bond acceptors (Lipinski definition) is 3. The number of carbonyl (C=O) groups is 2. The fraction of sp³-hybridized carbons (Fsp3) is 0.692. The predicted octanol–water partition coefficient (Wildman–Crippen LogP) is 1.01. The van der Waals surface area contributed by atoms with Gasteiger partial charge in [-0.15, -0.1) is 0 Å². The van der Waals surface area contributed by atoms with E-state index in [2.05, 4.69) is 10.2 Å². The van der Waals surface area contributed by atoms with Crippen LogP contribution < -0.4 is 5.32 Å². The van der Waals surface area contributed by atoms with Gasteiger partial charge in [0.25, 0.3) is 0 Å². The van der Waals surface area contributed by atoms with Gasteiger partial charge in [0.15, 0.2) is 0 Å². The van der Waals surface area contributed by atoms with Crippen molar-refractivity contribution in [3.63, 3.8) is 0 Å². The molecule has 0 saturated heterocycles. The van der Waals surface area contributed by atoms with Crippen LogP contribution in [0.2, 0.25) is 0 Å². The molecule has 1 aliphatic rings. The summed E-state index contributed by atoms with van der Waals surface area (Å²) in [5.41, 5.74) is 0.420. The Bertz CT molecular complexity index is 382. The van der Waals surface area contributed by atoms with E-state index in [1.807, 2.05) is 14.1 Å². The van der Waals surface area contributed by atoms with E-state index in [1.165, 1.54) is 13.3 Å². The molecule has 0 aromatic heterocycles. The van der Waals surface area contributed by atoms with E-state index >= 15 is 0 Å². The molecule has 18 heavy (non-hydrogen) atoms. The summed E-state index contributed by atoms with van der Waals surface area (Å²) in [7, 11) is 4.02. The topological polar surface area (TPSA) is 69.6 Å². The fourth-order valence-electron chi connectivity index (χ4n) is 2.08. The highest BCUT2D eigenvalue weighted by molar-refractivity contribution is 6.01. The lowest BCUT2D eigenvalue weighted by molar-refractivity contribution is -0.133. The molecule has 2 N–H and O–H groups in total. The molecule has 0 aromatic carbocycles. The van der Waals surface area contributed by atoms with Gasteiger partial charge in [-0.2, -0.15) is 0 Å². The zero-order chi connectivity index (χ0) is 13.9. The number of carboxylic acids is 1. The van der Waals surface area contributed by atoms with Crippen molar-refractivity contribution in [3.8, 4) is 0 Å². The molecule has 0 unspecified atom stereocenters. The minimum absolute atomic E-state index is 0.0487. The molecular weight excluding hydrogens is 232 g/mol. The van der Waals surface area contributed by atoms with Gasteiger partial charge in [0, 0.05) is 23.2 Å². The molecule has 1 aliphatic carbocycles. The smallest absolute Gasteiger partial charge is 0.331 e. The summed E-state index contributed by atoms with van der Waals surface area (Å²) in [6, 6.07) is 0. The maximum Gasteiger partial charge on any atom is 0.331 e. The zero-order valence-electron chi connectivity index (χ0n) is 11.5. The summed E-state index contributed by atoms with van der Waals surface area (Å²) in [6.07, 6.45) is 3.32. The molecule has 0 heterocycles. The van der Waals surface area contributed by atoms with Crippen LogP contribution in [0.4, 0.5) is 0 Å². The molecule has 1 fully saturated rings. The fourth-order valence-corrected chi connectivity index (χ4v) is 2.08. The van der Waals surface area contributed by atoms with E-state index < -0.39 is 5.97 Å². The first kappa shape index (κ1) is 14.7. The number of hydrogen-bond donors (Lipinski definition) is 2. The average molecular weight is 254 g/mol. The molecule has 0 aliphatic heterocycles. The lowest BCUT2D eigenvalue weighted by Gasteiger charge is -2.47. The van der Waals surface area contributed by atoms with E-state index in [9.17, 15) is 9.59 Å². The van der Waals surface area contributed by atoms with Crippen molar-refractivity contribution in [1.82, 2.24) is 10.2 Å². The number of likely N-dealkylation sites (N-methyl/N-ethyl adjacent to an activating group) is 1. The zero-order valence-corrected chi connectivity index (χ0v) is 11.5. The molecule has 0 spiro atoms. The molecule has 1 rings (SSSR count). The summed E-state index contributed by atoms with van der Waals surface area (Å²) < 4.78 is 0. The van der Waals surface area contributed by atoms with Crippen LogP contribution in [0.15, 0.2) is 11.1 Å². The Morgan fingerprint density at radius 2 is 1.78 bits per heavy atom. The first-order chi connectivity index (χ1) is 8.30. The van der Waals surface area contributed by atoms with Crippen LogP contribution in [0.25, 0.3) is 0 Å². The summed E-state index contributed by atoms with van der Waals surface area (Å²) in [6.45, 7) is 3.56. The van der Waals surface area contributed by atoms with Crippen molar-refractivity contribution in [3.05, 3.63) is 11.1 Å². The maximum absolute atomic E-state index is 11.8. The molecule has 0 aromatic rings. The first-order valence-corrected chi connectivity index (χ1v) is 6.16. The molecule has 1 saturated carbocycles. The molecule has 0 radical (unpaired) electrons. The summed E-state index contributed by atoms with van der Waals surface area (Å²) in [4.78, 5) is 24.8. The van der Waals surface area contributed by atoms with Crippen LogP contribution in [-0.2, 0) is 9.59 Å². The van der Waals surface area contributed by atoms with Crippen LogP contribution in [0.1, 0.15) is 33.1 Å². The van der Waals surface area contributed by atoms with Crippen LogP contribution in [0.5, 0.6) is 0 Å². The minimum Gasteiger partial charge on any atom is -0.478 e. The second kappa shape index (κ2) is 5.52. The standard InChI is InChI=1S/C13H22N2O3/c1-9(10(2)12(17)18)11(16)14-8-13(15(3)4)6-5-7-13/h5-8H2,1-4H3,(H,14,16)(H,17,18). The van der Waals surface area contributed by atoms with Crippen molar-refractivity contribution < 1.29 is 14.7 Å². The summed E-state index contributed by atoms with van der Waals surface area (Å²) >= 11 is 0. The third-order valence-electron chi connectivity index (χ3n) is 4.03. The van der Waals surface area contributed by atoms with Gasteiger partial charge in [-0.1, -0.05) is 0 Å². The quantitative estimate of drug-likeness (QED) is 0.718. The van der Waals surface area contributed by atoms with Crippen LogP contribution >= 0.6 is 0 Å².